The minimum absolute atomic E-state index is 0.270. The van der Waals surface area contributed by atoms with E-state index in [0.717, 1.165) is 12.0 Å². The van der Waals surface area contributed by atoms with E-state index in [0.29, 0.717) is 5.56 Å². The minimum Gasteiger partial charge on any atom is -0.388 e. The Labute approximate surface area is 67.4 Å². The maximum atomic E-state index is 10.9. The fourth-order valence-electron chi connectivity index (χ4n) is 0.504. The lowest BCUT2D eigenvalue weighted by atomic mass is 10.4. The van der Waals surface area contributed by atoms with Crippen LogP contribution in [0.3, 0.4) is 0 Å². The molecular weight excluding hydrogens is 168 g/mol. The van der Waals surface area contributed by atoms with Gasteiger partial charge in [-0.3, -0.25) is 0 Å². The van der Waals surface area contributed by atoms with E-state index in [2.05, 4.69) is 4.18 Å². The lowest BCUT2D eigenvalue weighted by Crippen LogP contribution is -1.95. The number of carbonyl (C=O) groups excluding carboxylic acids is 1. The molecule has 0 N–H and O–H groups in total. The van der Waals surface area contributed by atoms with Crippen molar-refractivity contribution in [1.82, 2.24) is 0 Å². The second-order valence-corrected chi connectivity index (χ2v) is 2.83. The number of carbonyl (C=O) groups is 1. The van der Waals surface area contributed by atoms with Gasteiger partial charge in [-0.2, -0.15) is 11.3 Å². The van der Waals surface area contributed by atoms with Crippen LogP contribution in [0.15, 0.2) is 16.8 Å². The van der Waals surface area contributed by atoms with Crippen LogP contribution in [0.5, 0.6) is 0 Å². The second kappa shape index (κ2) is 3.63. The van der Waals surface area contributed by atoms with Gasteiger partial charge in [0.25, 0.3) is 0 Å². The van der Waals surface area contributed by atoms with Crippen molar-refractivity contribution in [3.05, 3.63) is 22.4 Å². The van der Waals surface area contributed by atoms with Gasteiger partial charge in [-0.15, -0.1) is 0 Å². The third kappa shape index (κ3) is 1.75. The lowest BCUT2D eigenvalue weighted by molar-refractivity contribution is 0.0769. The van der Waals surface area contributed by atoms with E-state index in [1.165, 1.54) is 11.3 Å². The third-order valence-corrected chi connectivity index (χ3v) is 1.92. The van der Waals surface area contributed by atoms with Crippen LogP contribution in [0.25, 0.3) is 0 Å². The van der Waals surface area contributed by atoms with Crippen LogP contribution < -0.4 is 0 Å². The molecule has 0 aromatic carbocycles. The zero-order chi connectivity index (χ0) is 7.40. The smallest absolute Gasteiger partial charge is 0.351 e. The first kappa shape index (κ1) is 7.63. The molecule has 0 aliphatic heterocycles. The predicted molar refractivity (Wildman–Crippen MR) is 43.2 cm³/mol. The molecule has 0 radical (unpaired) electrons. The average molecular weight is 174 g/mol. The molecule has 0 atom stereocenters. The summed E-state index contributed by atoms with van der Waals surface area (Å²) in [7, 11) is 0. The van der Waals surface area contributed by atoms with Crippen molar-refractivity contribution in [2.45, 2.75) is 0 Å². The van der Waals surface area contributed by atoms with E-state index in [-0.39, 0.29) is 5.97 Å². The van der Waals surface area contributed by atoms with E-state index >= 15 is 0 Å². The molecule has 0 aliphatic carbocycles. The molecule has 1 rings (SSSR count). The Morgan fingerprint density at radius 3 is 3.10 bits per heavy atom. The Bertz CT molecular complexity index is 206. The van der Waals surface area contributed by atoms with Crippen molar-refractivity contribution in [2.24, 2.45) is 0 Å². The molecule has 54 valence electrons. The summed E-state index contributed by atoms with van der Waals surface area (Å²) >= 11 is 2.55. The fraction of sp³-hybridized carbons (Fsp3) is 0.167. The summed E-state index contributed by atoms with van der Waals surface area (Å²) in [6, 6.07) is 1.74. The van der Waals surface area contributed by atoms with Crippen LogP contribution in [0, 0.1) is 0 Å². The summed E-state index contributed by atoms with van der Waals surface area (Å²) in [5.41, 5.74) is 0.624. The quantitative estimate of drug-likeness (QED) is 0.643. The molecule has 2 nitrogen and oxygen atoms in total. The Hall–Kier alpha value is -0.480. The van der Waals surface area contributed by atoms with Crippen molar-refractivity contribution >= 4 is 29.3 Å². The standard InChI is InChI=1S/C6H6O2S2/c1-9-8-6(7)5-2-3-10-4-5/h2-4H,1H3. The average Bonchev–Trinajstić information content (AvgIpc) is 2.38. The normalized spacial score (nSPS) is 9.30. The van der Waals surface area contributed by atoms with Crippen LogP contribution in [0.4, 0.5) is 0 Å². The summed E-state index contributed by atoms with van der Waals surface area (Å²) in [6.07, 6.45) is 1.71. The largest absolute Gasteiger partial charge is 0.388 e. The molecule has 0 aliphatic rings. The molecular formula is C6H6O2S2. The first-order valence-corrected chi connectivity index (χ1v) is 4.71. The van der Waals surface area contributed by atoms with Crippen LogP contribution in [0.2, 0.25) is 0 Å². The zero-order valence-electron chi connectivity index (χ0n) is 5.37. The van der Waals surface area contributed by atoms with Gasteiger partial charge < -0.3 is 4.18 Å². The van der Waals surface area contributed by atoms with Gasteiger partial charge in [-0.25, -0.2) is 4.79 Å². The molecule has 10 heavy (non-hydrogen) atoms. The number of thiophene rings is 1. The van der Waals surface area contributed by atoms with E-state index in [4.69, 9.17) is 0 Å². The molecule has 0 bridgehead atoms. The van der Waals surface area contributed by atoms with E-state index in [9.17, 15) is 4.79 Å². The van der Waals surface area contributed by atoms with Crippen molar-refractivity contribution in [1.29, 1.82) is 0 Å². The molecule has 0 spiro atoms. The highest BCUT2D eigenvalue weighted by Crippen LogP contribution is 2.10. The van der Waals surface area contributed by atoms with Gasteiger partial charge in [0, 0.05) is 11.6 Å². The molecule has 1 aromatic heterocycles. The topological polar surface area (TPSA) is 26.3 Å². The molecule has 0 saturated heterocycles. The van der Waals surface area contributed by atoms with Crippen molar-refractivity contribution < 1.29 is 8.98 Å². The number of rotatable bonds is 2. The third-order valence-electron chi connectivity index (χ3n) is 0.916. The highest BCUT2D eigenvalue weighted by atomic mass is 32.2. The summed E-state index contributed by atoms with van der Waals surface area (Å²) in [6.45, 7) is 0. The van der Waals surface area contributed by atoms with Crippen LogP contribution >= 0.6 is 23.4 Å². The summed E-state index contributed by atoms with van der Waals surface area (Å²) < 4.78 is 4.67. The SMILES string of the molecule is CSOC(=O)c1ccsc1. The molecule has 1 aromatic rings. The Morgan fingerprint density at radius 2 is 2.60 bits per heavy atom. The molecule has 0 fully saturated rings. The van der Waals surface area contributed by atoms with Gasteiger partial charge in [-0.05, 0) is 11.4 Å². The first-order valence-electron chi connectivity index (χ1n) is 2.62. The maximum Gasteiger partial charge on any atom is 0.351 e. The summed E-state index contributed by atoms with van der Waals surface area (Å²) in [5.74, 6) is -0.270. The van der Waals surface area contributed by atoms with Gasteiger partial charge in [0.2, 0.25) is 0 Å². The monoisotopic (exact) mass is 174 g/mol. The molecule has 1 heterocycles. The van der Waals surface area contributed by atoms with Gasteiger partial charge in [0.05, 0.1) is 17.6 Å². The Morgan fingerprint density at radius 1 is 1.80 bits per heavy atom. The molecule has 0 unspecified atom stereocenters. The van der Waals surface area contributed by atoms with Crippen molar-refractivity contribution in [2.75, 3.05) is 6.26 Å². The Balaban J connectivity index is 2.59. The maximum absolute atomic E-state index is 10.9. The van der Waals surface area contributed by atoms with E-state index in [1.54, 1.807) is 17.7 Å². The fourth-order valence-corrected chi connectivity index (χ4v) is 1.38. The van der Waals surface area contributed by atoms with Crippen molar-refractivity contribution in [3.8, 4) is 0 Å². The van der Waals surface area contributed by atoms with Crippen molar-refractivity contribution in [3.63, 3.8) is 0 Å². The highest BCUT2D eigenvalue weighted by Gasteiger charge is 2.05. The van der Waals surface area contributed by atoms with Crippen LogP contribution in [0.1, 0.15) is 10.4 Å². The first-order chi connectivity index (χ1) is 4.84. The van der Waals surface area contributed by atoms with Crippen LogP contribution in [-0.2, 0) is 4.18 Å². The molecule has 0 amide bonds. The van der Waals surface area contributed by atoms with Gasteiger partial charge in [0.1, 0.15) is 0 Å². The number of hydrogen-bond acceptors (Lipinski definition) is 4. The van der Waals surface area contributed by atoms with E-state index in [1.807, 2.05) is 5.38 Å². The summed E-state index contributed by atoms with van der Waals surface area (Å²) in [5, 5.41) is 3.61. The Kier molecular flexibility index (Phi) is 2.77. The van der Waals surface area contributed by atoms with Gasteiger partial charge >= 0.3 is 5.97 Å². The van der Waals surface area contributed by atoms with Gasteiger partial charge in [0.15, 0.2) is 0 Å². The minimum atomic E-state index is -0.270. The van der Waals surface area contributed by atoms with Crippen LogP contribution in [-0.4, -0.2) is 12.2 Å². The van der Waals surface area contributed by atoms with Gasteiger partial charge in [-0.1, -0.05) is 0 Å². The highest BCUT2D eigenvalue weighted by molar-refractivity contribution is 7.94. The predicted octanol–water partition coefficient (Wildman–Crippen LogP) is 2.18. The zero-order valence-corrected chi connectivity index (χ0v) is 7.00. The number of hydrogen-bond donors (Lipinski definition) is 0. The second-order valence-electron chi connectivity index (χ2n) is 1.55. The summed E-state index contributed by atoms with van der Waals surface area (Å²) in [4.78, 5) is 10.9. The molecule has 4 heteroatoms. The molecule has 0 saturated carbocycles. The van der Waals surface area contributed by atoms with E-state index < -0.39 is 0 Å². The lowest BCUT2D eigenvalue weighted by Gasteiger charge is -1.93.